The number of piperidine rings is 1. The van der Waals surface area contributed by atoms with E-state index in [9.17, 15) is 8.42 Å². The molecule has 0 radical (unpaired) electrons. The van der Waals surface area contributed by atoms with Crippen LogP contribution in [0.25, 0.3) is 0 Å². The van der Waals surface area contributed by atoms with E-state index in [-0.39, 0.29) is 6.04 Å². The number of rotatable bonds is 6. The fourth-order valence-corrected chi connectivity index (χ4v) is 5.94. The van der Waals surface area contributed by atoms with Crippen molar-refractivity contribution in [2.75, 3.05) is 13.1 Å². The summed E-state index contributed by atoms with van der Waals surface area (Å²) in [6, 6.07) is 1.86. The van der Waals surface area contributed by atoms with Crippen LogP contribution in [0.3, 0.4) is 0 Å². The van der Waals surface area contributed by atoms with E-state index in [1.807, 2.05) is 12.3 Å². The first-order valence-electron chi connectivity index (χ1n) is 7.75. The molecule has 1 N–H and O–H groups in total. The lowest BCUT2D eigenvalue weighted by atomic mass is 9.97. The van der Waals surface area contributed by atoms with Crippen molar-refractivity contribution in [3.63, 3.8) is 0 Å². The summed E-state index contributed by atoms with van der Waals surface area (Å²) < 4.78 is 27.6. The molecule has 1 aromatic rings. The van der Waals surface area contributed by atoms with Gasteiger partial charge in [0.05, 0.1) is 4.90 Å². The van der Waals surface area contributed by atoms with Gasteiger partial charge in [0.25, 0.3) is 0 Å². The second kappa shape index (κ2) is 7.22. The molecule has 2 atom stereocenters. The minimum atomic E-state index is -3.36. The van der Waals surface area contributed by atoms with Gasteiger partial charge >= 0.3 is 0 Å². The molecule has 120 valence electrons. The first-order valence-corrected chi connectivity index (χ1v) is 10.1. The zero-order valence-electron chi connectivity index (χ0n) is 13.1. The van der Waals surface area contributed by atoms with E-state index in [0.29, 0.717) is 23.9 Å². The average molecular weight is 331 g/mol. The Bertz CT molecular complexity index is 554. The normalized spacial score (nSPS) is 24.3. The summed E-state index contributed by atoms with van der Waals surface area (Å²) in [6.45, 7) is 8.44. The summed E-state index contributed by atoms with van der Waals surface area (Å²) in [5.41, 5.74) is 0. The van der Waals surface area contributed by atoms with E-state index in [0.717, 1.165) is 30.7 Å². The minimum Gasteiger partial charge on any atom is -0.312 e. The summed E-state index contributed by atoms with van der Waals surface area (Å²) >= 11 is 1.52. The lowest BCUT2D eigenvalue weighted by Crippen LogP contribution is -2.44. The Morgan fingerprint density at radius 2 is 2.14 bits per heavy atom. The monoisotopic (exact) mass is 330 g/mol. The molecule has 2 heterocycles. The molecule has 0 saturated carbocycles. The fraction of sp³-hybridized carbons (Fsp3) is 0.733. The maximum Gasteiger partial charge on any atom is 0.244 e. The van der Waals surface area contributed by atoms with Crippen molar-refractivity contribution < 1.29 is 8.42 Å². The Labute approximate surface area is 132 Å². The molecule has 1 saturated heterocycles. The van der Waals surface area contributed by atoms with Crippen molar-refractivity contribution in [1.29, 1.82) is 0 Å². The van der Waals surface area contributed by atoms with Gasteiger partial charge in [0.1, 0.15) is 0 Å². The largest absolute Gasteiger partial charge is 0.312 e. The van der Waals surface area contributed by atoms with Crippen LogP contribution in [-0.2, 0) is 16.6 Å². The Balaban J connectivity index is 2.21. The Morgan fingerprint density at radius 3 is 2.86 bits per heavy atom. The van der Waals surface area contributed by atoms with Gasteiger partial charge in [-0.15, -0.1) is 11.3 Å². The predicted octanol–water partition coefficient (Wildman–Crippen LogP) is 3.06. The van der Waals surface area contributed by atoms with E-state index in [1.165, 1.54) is 11.3 Å². The van der Waals surface area contributed by atoms with Crippen molar-refractivity contribution in [3.05, 3.63) is 16.3 Å². The molecule has 4 nitrogen and oxygen atoms in total. The van der Waals surface area contributed by atoms with Crippen LogP contribution >= 0.6 is 11.3 Å². The Morgan fingerprint density at radius 1 is 1.38 bits per heavy atom. The van der Waals surface area contributed by atoms with Gasteiger partial charge in [-0.1, -0.05) is 13.8 Å². The van der Waals surface area contributed by atoms with Crippen LogP contribution in [0.15, 0.2) is 16.3 Å². The van der Waals surface area contributed by atoms with Crippen molar-refractivity contribution in [2.45, 2.75) is 57.5 Å². The van der Waals surface area contributed by atoms with Crippen molar-refractivity contribution in [1.82, 2.24) is 9.62 Å². The van der Waals surface area contributed by atoms with Crippen LogP contribution in [0.2, 0.25) is 0 Å². The summed E-state index contributed by atoms with van der Waals surface area (Å²) in [7, 11) is -3.36. The van der Waals surface area contributed by atoms with Gasteiger partial charge in [-0.3, -0.25) is 0 Å². The molecule has 0 spiro atoms. The third-order valence-electron chi connectivity index (χ3n) is 4.06. The molecule has 0 bridgehead atoms. The summed E-state index contributed by atoms with van der Waals surface area (Å²) in [5.74, 6) is 0.441. The van der Waals surface area contributed by atoms with Gasteiger partial charge in [0.2, 0.25) is 10.0 Å². The van der Waals surface area contributed by atoms with Crippen LogP contribution in [0.1, 0.15) is 44.9 Å². The van der Waals surface area contributed by atoms with E-state index in [2.05, 4.69) is 19.2 Å². The second-order valence-corrected chi connectivity index (χ2v) is 8.85. The molecule has 6 heteroatoms. The Kier molecular flexibility index (Phi) is 5.82. The van der Waals surface area contributed by atoms with Gasteiger partial charge in [0, 0.05) is 24.0 Å². The molecule has 1 aliphatic rings. The summed E-state index contributed by atoms with van der Waals surface area (Å²) in [6.07, 6.45) is 3.11. The van der Waals surface area contributed by atoms with Gasteiger partial charge < -0.3 is 5.32 Å². The number of hydrogen-bond acceptors (Lipinski definition) is 4. The second-order valence-electron chi connectivity index (χ2n) is 5.99. The molecule has 0 aromatic carbocycles. The van der Waals surface area contributed by atoms with E-state index < -0.39 is 10.0 Å². The highest BCUT2D eigenvalue weighted by Crippen LogP contribution is 2.31. The van der Waals surface area contributed by atoms with Gasteiger partial charge in [-0.2, -0.15) is 4.31 Å². The lowest BCUT2D eigenvalue weighted by Gasteiger charge is -2.35. The molecule has 21 heavy (non-hydrogen) atoms. The van der Waals surface area contributed by atoms with Crippen molar-refractivity contribution >= 4 is 21.4 Å². The standard InChI is InChI=1S/C15H26N2O2S2/c1-4-8-16-10-14-15(7-9-20-14)21(18,19)17-11-12(2)5-6-13(17)3/h7,9,12-13,16H,4-6,8,10-11H2,1-3H3. The molecule has 1 fully saturated rings. The number of sulfonamides is 1. The van der Waals surface area contributed by atoms with Gasteiger partial charge in [-0.05, 0) is 50.1 Å². The van der Waals surface area contributed by atoms with Crippen LogP contribution in [0, 0.1) is 5.92 Å². The number of nitrogens with one attached hydrogen (secondary N) is 1. The summed E-state index contributed by atoms with van der Waals surface area (Å²) in [5, 5.41) is 5.18. The molecular weight excluding hydrogens is 304 g/mol. The smallest absolute Gasteiger partial charge is 0.244 e. The predicted molar refractivity (Wildman–Crippen MR) is 88.1 cm³/mol. The zero-order chi connectivity index (χ0) is 15.5. The molecular formula is C15H26N2O2S2. The zero-order valence-corrected chi connectivity index (χ0v) is 14.8. The number of nitrogens with zero attached hydrogens (tertiary/aromatic N) is 1. The highest BCUT2D eigenvalue weighted by atomic mass is 32.2. The highest BCUT2D eigenvalue weighted by Gasteiger charge is 2.35. The lowest BCUT2D eigenvalue weighted by molar-refractivity contribution is 0.218. The molecule has 2 unspecified atom stereocenters. The molecule has 2 rings (SSSR count). The molecule has 0 aliphatic carbocycles. The summed E-state index contributed by atoms with van der Waals surface area (Å²) in [4.78, 5) is 1.42. The number of thiophene rings is 1. The van der Waals surface area contributed by atoms with E-state index >= 15 is 0 Å². The first-order chi connectivity index (χ1) is 9.96. The molecule has 1 aromatic heterocycles. The fourth-order valence-electron chi connectivity index (χ4n) is 2.78. The SMILES string of the molecule is CCCNCc1sccc1S(=O)(=O)N1CC(C)CCC1C. The highest BCUT2D eigenvalue weighted by molar-refractivity contribution is 7.89. The van der Waals surface area contributed by atoms with E-state index in [1.54, 1.807) is 10.4 Å². The Hall–Kier alpha value is -0.430. The van der Waals surface area contributed by atoms with Crippen LogP contribution in [-0.4, -0.2) is 31.9 Å². The van der Waals surface area contributed by atoms with Crippen LogP contribution < -0.4 is 5.32 Å². The third-order valence-corrected chi connectivity index (χ3v) is 7.18. The third kappa shape index (κ3) is 3.86. The van der Waals surface area contributed by atoms with Crippen LogP contribution in [0.4, 0.5) is 0 Å². The number of hydrogen-bond donors (Lipinski definition) is 1. The average Bonchev–Trinajstić information content (AvgIpc) is 2.91. The first kappa shape index (κ1) is 16.9. The molecule has 0 amide bonds. The molecule has 1 aliphatic heterocycles. The van der Waals surface area contributed by atoms with Crippen LogP contribution in [0.5, 0.6) is 0 Å². The van der Waals surface area contributed by atoms with Gasteiger partial charge in [-0.25, -0.2) is 8.42 Å². The van der Waals surface area contributed by atoms with Crippen molar-refractivity contribution in [3.8, 4) is 0 Å². The minimum absolute atomic E-state index is 0.0996. The maximum atomic E-state index is 13.0. The van der Waals surface area contributed by atoms with Crippen molar-refractivity contribution in [2.24, 2.45) is 5.92 Å². The quantitative estimate of drug-likeness (QED) is 0.816. The van der Waals surface area contributed by atoms with E-state index in [4.69, 9.17) is 0 Å². The topological polar surface area (TPSA) is 49.4 Å². The van der Waals surface area contributed by atoms with Gasteiger partial charge in [0.15, 0.2) is 0 Å². The maximum absolute atomic E-state index is 13.0.